The van der Waals surface area contributed by atoms with E-state index in [2.05, 4.69) is 18.9 Å². The van der Waals surface area contributed by atoms with E-state index in [4.69, 9.17) is 9.47 Å². The molecule has 0 bridgehead atoms. The molecule has 96 valence electrons. The zero-order valence-corrected chi connectivity index (χ0v) is 11.2. The lowest BCUT2D eigenvalue weighted by Crippen LogP contribution is -1.99. The fourth-order valence-corrected chi connectivity index (χ4v) is 2.13. The number of aryl methyl sites for hydroxylation is 1. The highest BCUT2D eigenvalue weighted by Gasteiger charge is 2.15. The highest BCUT2D eigenvalue weighted by Crippen LogP contribution is 2.38. The van der Waals surface area contributed by atoms with Crippen LogP contribution in [0.15, 0.2) is 24.4 Å². The van der Waals surface area contributed by atoms with Gasteiger partial charge in [0.2, 0.25) is 0 Å². The average Bonchev–Trinajstić information content (AvgIpc) is 2.78. The Morgan fingerprint density at radius 2 is 1.94 bits per heavy atom. The summed E-state index contributed by atoms with van der Waals surface area (Å²) in [6.07, 6.45) is 1.87. The van der Waals surface area contributed by atoms with Gasteiger partial charge in [0.1, 0.15) is 0 Å². The number of hydrogen-bond acceptors (Lipinski definition) is 3. The van der Waals surface area contributed by atoms with E-state index in [1.54, 1.807) is 14.2 Å². The minimum atomic E-state index is 0.735. The molecule has 4 heteroatoms. The van der Waals surface area contributed by atoms with Crippen LogP contribution in [0.25, 0.3) is 11.1 Å². The first-order chi connectivity index (χ1) is 8.72. The molecule has 1 heterocycles. The van der Waals surface area contributed by atoms with E-state index in [0.29, 0.717) is 0 Å². The van der Waals surface area contributed by atoms with Crippen molar-refractivity contribution in [2.24, 2.45) is 0 Å². The van der Waals surface area contributed by atoms with Crippen molar-refractivity contribution in [2.75, 3.05) is 14.2 Å². The van der Waals surface area contributed by atoms with Gasteiger partial charge in [0.05, 0.1) is 20.4 Å². The number of aromatic nitrogens is 2. The van der Waals surface area contributed by atoms with Gasteiger partial charge in [-0.25, -0.2) is 0 Å². The Morgan fingerprint density at radius 1 is 1.17 bits per heavy atom. The summed E-state index contributed by atoms with van der Waals surface area (Å²) in [6.45, 7) is 5.00. The first-order valence-electron chi connectivity index (χ1n) is 5.96. The molecule has 2 rings (SSSR count). The lowest BCUT2D eigenvalue weighted by molar-refractivity contribution is 0.356. The molecule has 0 fully saturated rings. The van der Waals surface area contributed by atoms with Crippen LogP contribution in [0.2, 0.25) is 0 Å². The summed E-state index contributed by atoms with van der Waals surface area (Å²) >= 11 is 0. The van der Waals surface area contributed by atoms with Crippen LogP contribution in [0, 0.1) is 6.92 Å². The summed E-state index contributed by atoms with van der Waals surface area (Å²) in [4.78, 5) is 0. The third-order valence-corrected chi connectivity index (χ3v) is 3.10. The zero-order chi connectivity index (χ0) is 13.1. The van der Waals surface area contributed by atoms with Crippen molar-refractivity contribution in [3.8, 4) is 22.6 Å². The van der Waals surface area contributed by atoms with Crippen LogP contribution in [-0.2, 0) is 6.54 Å². The van der Waals surface area contributed by atoms with Crippen molar-refractivity contribution in [3.05, 3.63) is 30.1 Å². The van der Waals surface area contributed by atoms with Gasteiger partial charge in [0.15, 0.2) is 11.5 Å². The van der Waals surface area contributed by atoms with Crippen LogP contribution in [0.5, 0.6) is 11.5 Å². The first-order valence-corrected chi connectivity index (χ1v) is 5.96. The fourth-order valence-electron chi connectivity index (χ4n) is 2.13. The highest BCUT2D eigenvalue weighted by molar-refractivity contribution is 5.75. The van der Waals surface area contributed by atoms with Gasteiger partial charge in [-0.3, -0.25) is 4.68 Å². The number of benzene rings is 1. The van der Waals surface area contributed by atoms with E-state index >= 15 is 0 Å². The minimum Gasteiger partial charge on any atom is -0.493 e. The molecule has 0 unspecified atom stereocenters. The Balaban J connectivity index is 2.59. The normalized spacial score (nSPS) is 10.4. The third-order valence-electron chi connectivity index (χ3n) is 3.10. The Morgan fingerprint density at radius 3 is 2.50 bits per heavy atom. The van der Waals surface area contributed by atoms with E-state index in [9.17, 15) is 0 Å². The number of ether oxygens (including phenoxy) is 2. The van der Waals surface area contributed by atoms with Crippen molar-refractivity contribution >= 4 is 0 Å². The number of para-hydroxylation sites is 1. The molecule has 2 aromatic rings. The molecule has 0 saturated heterocycles. The fraction of sp³-hybridized carbons (Fsp3) is 0.357. The summed E-state index contributed by atoms with van der Waals surface area (Å²) in [5.41, 5.74) is 3.21. The second-order valence-electron chi connectivity index (χ2n) is 4.00. The van der Waals surface area contributed by atoms with E-state index in [1.807, 2.05) is 29.1 Å². The van der Waals surface area contributed by atoms with Crippen molar-refractivity contribution < 1.29 is 9.47 Å². The van der Waals surface area contributed by atoms with Gasteiger partial charge in [0, 0.05) is 23.4 Å². The number of rotatable bonds is 4. The van der Waals surface area contributed by atoms with Crippen molar-refractivity contribution in [2.45, 2.75) is 20.4 Å². The largest absolute Gasteiger partial charge is 0.493 e. The van der Waals surface area contributed by atoms with Gasteiger partial charge in [-0.05, 0) is 19.9 Å². The van der Waals surface area contributed by atoms with E-state index in [-0.39, 0.29) is 0 Å². The van der Waals surface area contributed by atoms with E-state index in [1.165, 1.54) is 0 Å². The molecule has 0 aliphatic heterocycles. The summed E-state index contributed by atoms with van der Waals surface area (Å²) in [5.74, 6) is 1.48. The summed E-state index contributed by atoms with van der Waals surface area (Å²) in [6, 6.07) is 5.87. The minimum absolute atomic E-state index is 0.735. The summed E-state index contributed by atoms with van der Waals surface area (Å²) in [7, 11) is 3.30. The van der Waals surface area contributed by atoms with Crippen molar-refractivity contribution in [1.82, 2.24) is 9.78 Å². The van der Waals surface area contributed by atoms with Gasteiger partial charge in [-0.15, -0.1) is 0 Å². The van der Waals surface area contributed by atoms with Crippen molar-refractivity contribution in [3.63, 3.8) is 0 Å². The lowest BCUT2D eigenvalue weighted by Gasteiger charge is -2.12. The maximum Gasteiger partial charge on any atom is 0.168 e. The molecule has 0 aliphatic rings. The quantitative estimate of drug-likeness (QED) is 0.832. The van der Waals surface area contributed by atoms with Gasteiger partial charge < -0.3 is 9.47 Å². The predicted octanol–water partition coefficient (Wildman–Crippen LogP) is 2.90. The molecular formula is C14H18N2O2. The smallest absolute Gasteiger partial charge is 0.168 e. The molecule has 1 aromatic heterocycles. The standard InChI is InChI=1S/C14H18N2O2/c1-5-16-10(2)12(9-15-16)11-7-6-8-13(17-3)14(11)18-4/h6-9H,5H2,1-4H3. The second-order valence-corrected chi connectivity index (χ2v) is 4.00. The Bertz CT molecular complexity index is 547. The Kier molecular flexibility index (Phi) is 3.55. The third kappa shape index (κ3) is 1.94. The average molecular weight is 246 g/mol. The molecule has 0 radical (unpaired) electrons. The monoisotopic (exact) mass is 246 g/mol. The molecule has 0 spiro atoms. The number of nitrogens with zero attached hydrogens (tertiary/aromatic N) is 2. The first kappa shape index (κ1) is 12.5. The highest BCUT2D eigenvalue weighted by atomic mass is 16.5. The molecule has 0 N–H and O–H groups in total. The SMILES string of the molecule is CCn1ncc(-c2cccc(OC)c2OC)c1C. The van der Waals surface area contributed by atoms with Crippen LogP contribution >= 0.6 is 0 Å². The topological polar surface area (TPSA) is 36.3 Å². The molecular weight excluding hydrogens is 228 g/mol. The zero-order valence-electron chi connectivity index (χ0n) is 11.2. The number of methoxy groups -OCH3 is 2. The van der Waals surface area contributed by atoms with Crippen LogP contribution in [0.1, 0.15) is 12.6 Å². The molecule has 4 nitrogen and oxygen atoms in total. The lowest BCUT2D eigenvalue weighted by atomic mass is 10.1. The second kappa shape index (κ2) is 5.12. The maximum atomic E-state index is 5.46. The van der Waals surface area contributed by atoms with E-state index < -0.39 is 0 Å². The summed E-state index contributed by atoms with van der Waals surface area (Å²) in [5, 5.41) is 4.36. The molecule has 0 aliphatic carbocycles. The van der Waals surface area contributed by atoms with E-state index in [0.717, 1.165) is 34.9 Å². The van der Waals surface area contributed by atoms with Crippen molar-refractivity contribution in [1.29, 1.82) is 0 Å². The van der Waals surface area contributed by atoms with Gasteiger partial charge in [0.25, 0.3) is 0 Å². The van der Waals surface area contributed by atoms with Gasteiger partial charge >= 0.3 is 0 Å². The van der Waals surface area contributed by atoms with Gasteiger partial charge in [-0.2, -0.15) is 5.10 Å². The number of hydrogen-bond donors (Lipinski definition) is 0. The Hall–Kier alpha value is -1.97. The molecule has 1 aromatic carbocycles. The van der Waals surface area contributed by atoms with Gasteiger partial charge in [-0.1, -0.05) is 12.1 Å². The van der Waals surface area contributed by atoms with Crippen LogP contribution < -0.4 is 9.47 Å². The van der Waals surface area contributed by atoms with Crippen LogP contribution in [-0.4, -0.2) is 24.0 Å². The molecule has 18 heavy (non-hydrogen) atoms. The van der Waals surface area contributed by atoms with Crippen LogP contribution in [0.4, 0.5) is 0 Å². The maximum absolute atomic E-state index is 5.46. The molecule has 0 amide bonds. The Labute approximate surface area is 107 Å². The predicted molar refractivity (Wildman–Crippen MR) is 71.2 cm³/mol. The molecule has 0 atom stereocenters. The molecule has 0 saturated carbocycles. The summed E-state index contributed by atoms with van der Waals surface area (Å²) < 4.78 is 12.7. The van der Waals surface area contributed by atoms with Crippen LogP contribution in [0.3, 0.4) is 0 Å².